The van der Waals surface area contributed by atoms with Gasteiger partial charge in [0.15, 0.2) is 0 Å². The predicted octanol–water partition coefficient (Wildman–Crippen LogP) is 2.32. The molecule has 0 spiro atoms. The normalized spacial score (nSPS) is 13.1. The van der Waals surface area contributed by atoms with Crippen molar-refractivity contribution in [2.45, 2.75) is 18.9 Å². The number of halogens is 5. The molecule has 0 amide bonds. The summed E-state index contributed by atoms with van der Waals surface area (Å²) < 4.78 is 52.7. The second-order valence-corrected chi connectivity index (χ2v) is 3.49. The van der Waals surface area contributed by atoms with Crippen molar-refractivity contribution < 1.29 is 22.7 Å². The number of aliphatic hydroxyl groups is 1. The van der Waals surface area contributed by atoms with E-state index in [4.69, 9.17) is 10.8 Å². The van der Waals surface area contributed by atoms with Crippen molar-refractivity contribution in [3.63, 3.8) is 0 Å². The van der Waals surface area contributed by atoms with Gasteiger partial charge in [-0.1, -0.05) is 6.07 Å². The van der Waals surface area contributed by atoms with Crippen molar-refractivity contribution in [1.82, 2.24) is 0 Å². The van der Waals surface area contributed by atoms with Crippen molar-refractivity contribution >= 4 is 12.4 Å². The molecule has 0 aliphatic carbocycles. The highest BCUT2D eigenvalue weighted by atomic mass is 35.5. The third-order valence-corrected chi connectivity index (χ3v) is 2.30. The van der Waals surface area contributed by atoms with E-state index in [1.54, 1.807) is 0 Å². The van der Waals surface area contributed by atoms with E-state index < -0.39 is 35.8 Å². The number of aryl methyl sites for hydroxylation is 1. The smallest absolute Gasteiger partial charge is 0.289 e. The molecule has 0 saturated heterocycles. The second kappa shape index (κ2) is 5.66. The van der Waals surface area contributed by atoms with Crippen LogP contribution in [0.25, 0.3) is 0 Å². The third kappa shape index (κ3) is 3.08. The minimum Gasteiger partial charge on any atom is -0.390 e. The van der Waals surface area contributed by atoms with E-state index in [0.29, 0.717) is 0 Å². The summed E-state index contributed by atoms with van der Waals surface area (Å²) in [5.74, 6) is -6.03. The van der Waals surface area contributed by atoms with Gasteiger partial charge in [-0.25, -0.2) is 17.6 Å². The van der Waals surface area contributed by atoms with Crippen LogP contribution in [0.2, 0.25) is 0 Å². The molecule has 0 radical (unpaired) electrons. The van der Waals surface area contributed by atoms with Gasteiger partial charge in [0.1, 0.15) is 24.3 Å². The highest BCUT2D eigenvalue weighted by Crippen LogP contribution is 2.32. The van der Waals surface area contributed by atoms with Gasteiger partial charge in [-0.15, -0.1) is 12.4 Å². The first-order valence-electron chi connectivity index (χ1n) is 4.50. The van der Waals surface area contributed by atoms with Crippen LogP contribution in [0.3, 0.4) is 0 Å². The van der Waals surface area contributed by atoms with Crippen LogP contribution in [0.15, 0.2) is 12.1 Å². The molecule has 0 heterocycles. The quantitative estimate of drug-likeness (QED) is 0.830. The van der Waals surface area contributed by atoms with E-state index in [2.05, 4.69) is 0 Å². The fourth-order valence-electron chi connectivity index (χ4n) is 1.27. The molecule has 0 aliphatic rings. The fourth-order valence-corrected chi connectivity index (χ4v) is 1.27. The fraction of sp³-hybridized carbons (Fsp3) is 0.400. The van der Waals surface area contributed by atoms with Crippen LogP contribution in [0, 0.1) is 18.6 Å². The molecule has 3 N–H and O–H groups in total. The summed E-state index contributed by atoms with van der Waals surface area (Å²) in [6.45, 7) is -0.261. The Bertz CT molecular complexity index is 400. The van der Waals surface area contributed by atoms with Crippen LogP contribution in [-0.4, -0.2) is 17.6 Å². The standard InChI is InChI=1S/C10H11F4NO.ClH/c1-5-2-3-6(11)7(8(5)12)9(15)10(13,14)4-16;/h2-3,9,16H,4,15H2,1H3;1H/t9-;/m0./s1. The van der Waals surface area contributed by atoms with E-state index in [0.717, 1.165) is 12.1 Å². The zero-order valence-corrected chi connectivity index (χ0v) is 9.70. The average Bonchev–Trinajstić information content (AvgIpc) is 2.24. The van der Waals surface area contributed by atoms with E-state index in [-0.39, 0.29) is 18.0 Å². The number of alkyl halides is 2. The first kappa shape index (κ1) is 16.1. The highest BCUT2D eigenvalue weighted by Gasteiger charge is 2.40. The molecule has 0 unspecified atom stereocenters. The zero-order valence-electron chi connectivity index (χ0n) is 8.88. The Morgan fingerprint density at radius 2 is 1.88 bits per heavy atom. The van der Waals surface area contributed by atoms with Crippen molar-refractivity contribution in [2.24, 2.45) is 5.73 Å². The van der Waals surface area contributed by atoms with Gasteiger partial charge in [-0.3, -0.25) is 0 Å². The van der Waals surface area contributed by atoms with Crippen molar-refractivity contribution in [3.05, 3.63) is 34.9 Å². The van der Waals surface area contributed by atoms with E-state index >= 15 is 0 Å². The monoisotopic (exact) mass is 273 g/mol. The van der Waals surface area contributed by atoms with Gasteiger partial charge in [0.2, 0.25) is 0 Å². The van der Waals surface area contributed by atoms with Gasteiger partial charge in [0.05, 0.1) is 0 Å². The Morgan fingerprint density at radius 1 is 1.35 bits per heavy atom. The van der Waals surface area contributed by atoms with Crippen LogP contribution in [0.1, 0.15) is 17.2 Å². The SMILES string of the molecule is Cc1ccc(F)c([C@H](N)C(F)(F)CO)c1F.Cl. The summed E-state index contributed by atoms with van der Waals surface area (Å²) in [5, 5.41) is 8.40. The molecule has 1 aromatic carbocycles. The van der Waals surface area contributed by atoms with Crippen molar-refractivity contribution in [1.29, 1.82) is 0 Å². The third-order valence-electron chi connectivity index (χ3n) is 2.30. The predicted molar refractivity (Wildman–Crippen MR) is 57.3 cm³/mol. The van der Waals surface area contributed by atoms with Crippen LogP contribution in [0.5, 0.6) is 0 Å². The van der Waals surface area contributed by atoms with Crippen LogP contribution in [-0.2, 0) is 0 Å². The highest BCUT2D eigenvalue weighted by molar-refractivity contribution is 5.85. The van der Waals surface area contributed by atoms with Gasteiger partial charge in [-0.05, 0) is 18.6 Å². The largest absolute Gasteiger partial charge is 0.390 e. The molecule has 1 rings (SSSR count). The molecule has 7 heteroatoms. The molecular formula is C10H12ClF4NO. The molecule has 2 nitrogen and oxygen atoms in total. The number of benzene rings is 1. The molecular weight excluding hydrogens is 262 g/mol. The Kier molecular flexibility index (Phi) is 5.38. The Labute approximate surface area is 102 Å². The summed E-state index contributed by atoms with van der Waals surface area (Å²) in [5.41, 5.74) is 4.17. The first-order valence-corrected chi connectivity index (χ1v) is 4.50. The molecule has 0 fully saturated rings. The van der Waals surface area contributed by atoms with Gasteiger partial charge in [0.25, 0.3) is 5.92 Å². The number of rotatable bonds is 3. The Balaban J connectivity index is 0.00000256. The van der Waals surface area contributed by atoms with Gasteiger partial charge in [-0.2, -0.15) is 0 Å². The Morgan fingerprint density at radius 3 is 2.35 bits per heavy atom. The summed E-state index contributed by atoms with van der Waals surface area (Å²) in [4.78, 5) is 0. The molecule has 17 heavy (non-hydrogen) atoms. The maximum atomic E-state index is 13.4. The van der Waals surface area contributed by atoms with Gasteiger partial charge >= 0.3 is 0 Å². The lowest BCUT2D eigenvalue weighted by atomic mass is 9.98. The molecule has 0 saturated carbocycles. The summed E-state index contributed by atoms with van der Waals surface area (Å²) >= 11 is 0. The summed E-state index contributed by atoms with van der Waals surface area (Å²) in [7, 11) is 0. The van der Waals surface area contributed by atoms with E-state index in [1.807, 2.05) is 0 Å². The maximum absolute atomic E-state index is 13.4. The topological polar surface area (TPSA) is 46.2 Å². The minimum atomic E-state index is -3.77. The zero-order chi connectivity index (χ0) is 12.5. The molecule has 1 atom stereocenters. The van der Waals surface area contributed by atoms with Crippen LogP contribution >= 0.6 is 12.4 Å². The molecule has 1 aromatic rings. The average molecular weight is 274 g/mol. The molecule has 0 aromatic heterocycles. The number of aliphatic hydroxyl groups excluding tert-OH is 1. The Hall–Kier alpha value is -0.850. The summed E-state index contributed by atoms with van der Waals surface area (Å²) in [6.07, 6.45) is 0. The van der Waals surface area contributed by atoms with Crippen molar-refractivity contribution in [3.8, 4) is 0 Å². The first-order chi connectivity index (χ1) is 7.31. The van der Waals surface area contributed by atoms with E-state index in [1.165, 1.54) is 6.92 Å². The number of hydrogen-bond donors (Lipinski definition) is 2. The lowest BCUT2D eigenvalue weighted by Crippen LogP contribution is -2.37. The molecule has 0 aliphatic heterocycles. The van der Waals surface area contributed by atoms with Crippen LogP contribution in [0.4, 0.5) is 17.6 Å². The van der Waals surface area contributed by atoms with Crippen molar-refractivity contribution in [2.75, 3.05) is 6.61 Å². The second-order valence-electron chi connectivity index (χ2n) is 3.49. The summed E-state index contributed by atoms with van der Waals surface area (Å²) in [6, 6.07) is -0.226. The lowest BCUT2D eigenvalue weighted by molar-refractivity contribution is -0.0726. The number of hydrogen-bond acceptors (Lipinski definition) is 2. The van der Waals surface area contributed by atoms with Gasteiger partial charge < -0.3 is 10.8 Å². The maximum Gasteiger partial charge on any atom is 0.289 e. The lowest BCUT2D eigenvalue weighted by Gasteiger charge is -2.22. The molecule has 0 bridgehead atoms. The van der Waals surface area contributed by atoms with Crippen LogP contribution < -0.4 is 5.73 Å². The minimum absolute atomic E-state index is 0. The van der Waals surface area contributed by atoms with E-state index in [9.17, 15) is 17.6 Å². The van der Waals surface area contributed by atoms with Gasteiger partial charge in [0, 0.05) is 5.56 Å². The molecule has 98 valence electrons. The number of nitrogens with two attached hydrogens (primary N) is 1.